The Bertz CT molecular complexity index is 677. The Morgan fingerprint density at radius 1 is 1.10 bits per heavy atom. The molecule has 0 aliphatic heterocycles. The zero-order valence-electron chi connectivity index (χ0n) is 9.91. The lowest BCUT2D eigenvalue weighted by Crippen LogP contribution is -2.04. The van der Waals surface area contributed by atoms with Crippen molar-refractivity contribution in [3.8, 4) is 17.6 Å². The lowest BCUT2D eigenvalue weighted by Gasteiger charge is -2.11. The second kappa shape index (κ2) is 5.43. The maximum Gasteiger partial charge on any atom is 0.416 e. The van der Waals surface area contributed by atoms with Crippen molar-refractivity contribution >= 4 is 11.6 Å². The van der Waals surface area contributed by atoms with Crippen molar-refractivity contribution in [1.29, 1.82) is 5.26 Å². The van der Waals surface area contributed by atoms with Gasteiger partial charge in [-0.3, -0.25) is 0 Å². The van der Waals surface area contributed by atoms with Gasteiger partial charge in [-0.1, -0.05) is 17.7 Å². The molecule has 2 aromatic carbocycles. The van der Waals surface area contributed by atoms with Crippen molar-refractivity contribution in [3.05, 3.63) is 58.6 Å². The zero-order valence-corrected chi connectivity index (χ0v) is 10.7. The molecule has 0 radical (unpaired) electrons. The van der Waals surface area contributed by atoms with E-state index < -0.39 is 11.7 Å². The van der Waals surface area contributed by atoms with E-state index in [0.29, 0.717) is 5.56 Å². The van der Waals surface area contributed by atoms with Crippen LogP contribution in [0.15, 0.2) is 42.5 Å². The van der Waals surface area contributed by atoms with Crippen LogP contribution in [0.1, 0.15) is 11.1 Å². The minimum atomic E-state index is -4.44. The maximum atomic E-state index is 12.6. The van der Waals surface area contributed by atoms with Gasteiger partial charge in [0.15, 0.2) is 0 Å². The van der Waals surface area contributed by atoms with Gasteiger partial charge >= 0.3 is 6.18 Å². The number of hydrogen-bond donors (Lipinski definition) is 0. The first-order valence-electron chi connectivity index (χ1n) is 5.45. The van der Waals surface area contributed by atoms with Crippen LogP contribution in [0.4, 0.5) is 13.2 Å². The van der Waals surface area contributed by atoms with Crippen molar-refractivity contribution in [3.63, 3.8) is 0 Å². The van der Waals surface area contributed by atoms with Crippen LogP contribution in [0, 0.1) is 11.3 Å². The van der Waals surface area contributed by atoms with Crippen molar-refractivity contribution in [2.24, 2.45) is 0 Å². The van der Waals surface area contributed by atoms with E-state index in [-0.39, 0.29) is 16.5 Å². The predicted molar refractivity (Wildman–Crippen MR) is 67.7 cm³/mol. The van der Waals surface area contributed by atoms with Gasteiger partial charge in [-0.05, 0) is 36.4 Å². The molecule has 102 valence electrons. The summed E-state index contributed by atoms with van der Waals surface area (Å²) in [6.45, 7) is 0. The molecule has 20 heavy (non-hydrogen) atoms. The van der Waals surface area contributed by atoms with Crippen molar-refractivity contribution in [1.82, 2.24) is 0 Å². The number of nitrogens with zero attached hydrogens (tertiary/aromatic N) is 1. The lowest BCUT2D eigenvalue weighted by molar-refractivity contribution is -0.137. The third-order valence-corrected chi connectivity index (χ3v) is 2.75. The summed E-state index contributed by atoms with van der Waals surface area (Å²) < 4.78 is 43.0. The molecule has 0 aromatic heterocycles. The highest BCUT2D eigenvalue weighted by Gasteiger charge is 2.30. The third kappa shape index (κ3) is 3.22. The van der Waals surface area contributed by atoms with Gasteiger partial charge in [0.1, 0.15) is 11.5 Å². The Balaban J connectivity index is 2.29. The molecule has 0 heterocycles. The van der Waals surface area contributed by atoms with E-state index in [2.05, 4.69) is 0 Å². The second-order valence-electron chi connectivity index (χ2n) is 3.88. The van der Waals surface area contributed by atoms with E-state index in [1.54, 1.807) is 0 Å². The van der Waals surface area contributed by atoms with E-state index >= 15 is 0 Å². The fourth-order valence-corrected chi connectivity index (χ4v) is 1.74. The van der Waals surface area contributed by atoms with Crippen molar-refractivity contribution < 1.29 is 17.9 Å². The summed E-state index contributed by atoms with van der Waals surface area (Å²) in [7, 11) is 0. The van der Waals surface area contributed by atoms with Gasteiger partial charge in [0.05, 0.1) is 22.2 Å². The van der Waals surface area contributed by atoms with Crippen LogP contribution < -0.4 is 4.74 Å². The molecule has 0 atom stereocenters. The van der Waals surface area contributed by atoms with Gasteiger partial charge in [0.2, 0.25) is 0 Å². The first-order valence-corrected chi connectivity index (χ1v) is 5.83. The topological polar surface area (TPSA) is 33.0 Å². The molecule has 6 heteroatoms. The molecule has 2 aromatic rings. The van der Waals surface area contributed by atoms with E-state index in [4.69, 9.17) is 21.6 Å². The lowest BCUT2D eigenvalue weighted by atomic mass is 10.2. The Hall–Kier alpha value is -2.19. The normalized spacial score (nSPS) is 10.9. The first kappa shape index (κ1) is 14.2. The van der Waals surface area contributed by atoms with Gasteiger partial charge in [-0.2, -0.15) is 18.4 Å². The zero-order chi connectivity index (χ0) is 14.8. The van der Waals surface area contributed by atoms with Crippen LogP contribution in [0.25, 0.3) is 0 Å². The summed E-state index contributed by atoms with van der Waals surface area (Å²) in [5.41, 5.74) is -0.467. The van der Waals surface area contributed by atoms with Crippen LogP contribution in [-0.2, 0) is 6.18 Å². The van der Waals surface area contributed by atoms with Crippen LogP contribution >= 0.6 is 11.6 Å². The predicted octanol–water partition coefficient (Wildman–Crippen LogP) is 5.02. The van der Waals surface area contributed by atoms with Crippen LogP contribution in [0.5, 0.6) is 11.5 Å². The fourth-order valence-electron chi connectivity index (χ4n) is 1.52. The SMILES string of the molecule is N#Cc1ccc(Oc2cccc(C(F)(F)F)c2)c(Cl)c1. The highest BCUT2D eigenvalue weighted by molar-refractivity contribution is 6.32. The molecule has 0 bridgehead atoms. The number of rotatable bonds is 2. The van der Waals surface area contributed by atoms with Crippen LogP contribution in [-0.4, -0.2) is 0 Å². The highest BCUT2D eigenvalue weighted by atomic mass is 35.5. The minimum Gasteiger partial charge on any atom is -0.456 e. The molecule has 0 saturated heterocycles. The molecule has 2 rings (SSSR count). The minimum absolute atomic E-state index is 0.0198. The van der Waals surface area contributed by atoms with Gasteiger partial charge in [-0.25, -0.2) is 0 Å². The summed E-state index contributed by atoms with van der Waals surface area (Å²) in [4.78, 5) is 0. The Labute approximate surface area is 118 Å². The Morgan fingerprint density at radius 3 is 2.45 bits per heavy atom. The number of ether oxygens (including phenoxy) is 1. The Morgan fingerprint density at radius 2 is 1.85 bits per heavy atom. The molecule has 0 unspecified atom stereocenters. The number of benzene rings is 2. The number of hydrogen-bond acceptors (Lipinski definition) is 2. The molecule has 0 aliphatic rings. The average molecular weight is 298 g/mol. The molecular weight excluding hydrogens is 291 g/mol. The molecular formula is C14H7ClF3NO. The molecule has 0 spiro atoms. The standard InChI is InChI=1S/C14H7ClF3NO/c15-12-6-9(8-19)4-5-13(12)20-11-3-1-2-10(7-11)14(16,17)18/h1-7H. The smallest absolute Gasteiger partial charge is 0.416 e. The quantitative estimate of drug-likeness (QED) is 0.779. The average Bonchev–Trinajstić information content (AvgIpc) is 2.40. The van der Waals surface area contributed by atoms with E-state index in [0.717, 1.165) is 12.1 Å². The van der Waals surface area contributed by atoms with E-state index in [1.165, 1.54) is 30.3 Å². The Kier molecular flexibility index (Phi) is 3.86. The highest BCUT2D eigenvalue weighted by Crippen LogP contribution is 2.34. The maximum absolute atomic E-state index is 12.6. The third-order valence-electron chi connectivity index (χ3n) is 2.45. The largest absolute Gasteiger partial charge is 0.456 e. The summed E-state index contributed by atoms with van der Waals surface area (Å²) in [6.07, 6.45) is -4.44. The number of halogens is 4. The molecule has 0 saturated carbocycles. The number of alkyl halides is 3. The molecule has 0 amide bonds. The van der Waals surface area contributed by atoms with Gasteiger partial charge in [0, 0.05) is 0 Å². The van der Waals surface area contributed by atoms with Gasteiger partial charge in [-0.15, -0.1) is 0 Å². The van der Waals surface area contributed by atoms with Gasteiger partial charge < -0.3 is 4.74 Å². The fraction of sp³-hybridized carbons (Fsp3) is 0.0714. The molecule has 0 fully saturated rings. The van der Waals surface area contributed by atoms with Crippen molar-refractivity contribution in [2.75, 3.05) is 0 Å². The van der Waals surface area contributed by atoms with Gasteiger partial charge in [0.25, 0.3) is 0 Å². The van der Waals surface area contributed by atoms with E-state index in [1.807, 2.05) is 6.07 Å². The monoisotopic (exact) mass is 297 g/mol. The van der Waals surface area contributed by atoms with E-state index in [9.17, 15) is 13.2 Å². The van der Waals surface area contributed by atoms with Crippen molar-refractivity contribution in [2.45, 2.75) is 6.18 Å². The summed E-state index contributed by atoms with van der Waals surface area (Å²) >= 11 is 5.89. The molecule has 0 aliphatic carbocycles. The molecule has 2 nitrogen and oxygen atoms in total. The van der Waals surface area contributed by atoms with Crippen LogP contribution in [0.2, 0.25) is 5.02 Å². The number of nitriles is 1. The second-order valence-corrected chi connectivity index (χ2v) is 4.29. The first-order chi connectivity index (χ1) is 9.40. The molecule has 0 N–H and O–H groups in total. The summed E-state index contributed by atoms with van der Waals surface area (Å²) in [5.74, 6) is 0.205. The summed E-state index contributed by atoms with van der Waals surface area (Å²) in [5, 5.41) is 8.85. The van der Waals surface area contributed by atoms with Crippen LogP contribution in [0.3, 0.4) is 0 Å². The summed E-state index contributed by atoms with van der Waals surface area (Å²) in [6, 6.07) is 10.7.